The molecule has 1 atom stereocenters. The average Bonchev–Trinajstić information content (AvgIpc) is 2.54. The molecule has 14 heavy (non-hydrogen) atoms. The highest BCUT2D eigenvalue weighted by atomic mass is 16.1. The van der Waals surface area contributed by atoms with Crippen LogP contribution in [0.2, 0.25) is 0 Å². The van der Waals surface area contributed by atoms with Crippen molar-refractivity contribution in [3.05, 3.63) is 27.9 Å². The minimum absolute atomic E-state index is 0.231. The molecule has 0 bridgehead atoms. The van der Waals surface area contributed by atoms with Crippen LogP contribution in [0.15, 0.2) is 10.9 Å². The third kappa shape index (κ3) is 2.20. The van der Waals surface area contributed by atoms with Gasteiger partial charge in [-0.2, -0.15) is 4.98 Å². The van der Waals surface area contributed by atoms with E-state index in [1.165, 1.54) is 6.42 Å². The number of hydrogen-bond donors (Lipinski definition) is 2. The van der Waals surface area contributed by atoms with Gasteiger partial charge in [0, 0.05) is 11.4 Å². The number of rotatable bonds is 2. The lowest BCUT2D eigenvalue weighted by Gasteiger charge is -2.06. The second-order valence-electron chi connectivity index (χ2n) is 3.92. The first-order valence-electron chi connectivity index (χ1n) is 5.01. The minimum atomic E-state index is -0.231. The molecule has 4 heteroatoms. The zero-order valence-electron chi connectivity index (χ0n) is 8.34. The van der Waals surface area contributed by atoms with Gasteiger partial charge in [0.15, 0.2) is 0 Å². The van der Waals surface area contributed by atoms with Crippen molar-refractivity contribution in [2.75, 3.05) is 13.1 Å². The molecule has 4 nitrogen and oxygen atoms in total. The number of aromatic amines is 1. The third-order valence-corrected chi connectivity index (χ3v) is 2.59. The molecule has 0 aromatic carbocycles. The summed E-state index contributed by atoms with van der Waals surface area (Å²) in [5.74, 6) is 0.642. The van der Waals surface area contributed by atoms with Crippen molar-refractivity contribution in [3.8, 4) is 0 Å². The van der Waals surface area contributed by atoms with E-state index in [-0.39, 0.29) is 5.69 Å². The Morgan fingerprint density at radius 3 is 3.14 bits per heavy atom. The number of nitrogens with one attached hydrogen (secondary N) is 2. The largest absolute Gasteiger partial charge is 0.345 e. The highest BCUT2D eigenvalue weighted by Crippen LogP contribution is 2.12. The highest BCUT2D eigenvalue weighted by Gasteiger charge is 2.15. The van der Waals surface area contributed by atoms with Crippen molar-refractivity contribution in [2.24, 2.45) is 5.92 Å². The van der Waals surface area contributed by atoms with Crippen LogP contribution >= 0.6 is 0 Å². The van der Waals surface area contributed by atoms with Crippen molar-refractivity contribution < 1.29 is 0 Å². The molecule has 1 saturated heterocycles. The second kappa shape index (κ2) is 3.92. The zero-order chi connectivity index (χ0) is 9.97. The van der Waals surface area contributed by atoms with Crippen LogP contribution in [0.25, 0.3) is 0 Å². The van der Waals surface area contributed by atoms with E-state index in [4.69, 9.17) is 0 Å². The highest BCUT2D eigenvalue weighted by molar-refractivity contribution is 5.07. The Morgan fingerprint density at radius 2 is 2.50 bits per heavy atom. The van der Waals surface area contributed by atoms with E-state index in [0.717, 1.165) is 30.9 Å². The second-order valence-corrected chi connectivity index (χ2v) is 3.92. The van der Waals surface area contributed by atoms with Crippen LogP contribution in [0, 0.1) is 12.8 Å². The number of nitrogens with zero attached hydrogens (tertiary/aromatic N) is 1. The van der Waals surface area contributed by atoms with E-state index < -0.39 is 0 Å². The number of aromatic nitrogens is 2. The SMILES string of the molecule is Cc1cc(CC2CCNC2)nc(=O)[nH]1. The summed E-state index contributed by atoms with van der Waals surface area (Å²) in [5.41, 5.74) is 1.58. The molecule has 76 valence electrons. The van der Waals surface area contributed by atoms with Crippen LogP contribution in [0.3, 0.4) is 0 Å². The average molecular weight is 193 g/mol. The van der Waals surface area contributed by atoms with Crippen molar-refractivity contribution in [1.82, 2.24) is 15.3 Å². The van der Waals surface area contributed by atoms with Crippen LogP contribution in [0.1, 0.15) is 17.8 Å². The third-order valence-electron chi connectivity index (χ3n) is 2.59. The number of H-pyrrole nitrogens is 1. The smallest absolute Gasteiger partial charge is 0.316 e. The lowest BCUT2D eigenvalue weighted by atomic mass is 10.0. The molecule has 1 aliphatic rings. The fourth-order valence-electron chi connectivity index (χ4n) is 1.93. The summed E-state index contributed by atoms with van der Waals surface area (Å²) >= 11 is 0. The normalized spacial score (nSPS) is 21.4. The molecule has 1 unspecified atom stereocenters. The molecule has 0 saturated carbocycles. The lowest BCUT2D eigenvalue weighted by Crippen LogP contribution is -2.17. The molecule has 0 aliphatic carbocycles. The first-order chi connectivity index (χ1) is 6.74. The van der Waals surface area contributed by atoms with Gasteiger partial charge in [0.05, 0.1) is 0 Å². The zero-order valence-corrected chi connectivity index (χ0v) is 8.34. The van der Waals surface area contributed by atoms with Crippen LogP contribution in [0.4, 0.5) is 0 Å². The van der Waals surface area contributed by atoms with E-state index in [1.54, 1.807) is 0 Å². The van der Waals surface area contributed by atoms with E-state index in [9.17, 15) is 4.79 Å². The number of aryl methyl sites for hydroxylation is 1. The van der Waals surface area contributed by atoms with Crippen LogP contribution in [0.5, 0.6) is 0 Å². The summed E-state index contributed by atoms with van der Waals surface area (Å²) in [5, 5.41) is 3.31. The Bertz CT molecular complexity index is 366. The summed E-state index contributed by atoms with van der Waals surface area (Å²) in [7, 11) is 0. The molecule has 2 rings (SSSR count). The summed E-state index contributed by atoms with van der Waals surface area (Å²) in [6.45, 7) is 4.03. The Hall–Kier alpha value is -1.16. The van der Waals surface area contributed by atoms with Crippen LogP contribution in [-0.4, -0.2) is 23.1 Å². The predicted molar refractivity (Wildman–Crippen MR) is 54.3 cm³/mol. The first-order valence-corrected chi connectivity index (χ1v) is 5.01. The van der Waals surface area contributed by atoms with Crippen molar-refractivity contribution in [1.29, 1.82) is 0 Å². The lowest BCUT2D eigenvalue weighted by molar-refractivity contribution is 0.569. The van der Waals surface area contributed by atoms with Gasteiger partial charge in [-0.05, 0) is 44.8 Å². The van der Waals surface area contributed by atoms with Gasteiger partial charge in [-0.1, -0.05) is 0 Å². The summed E-state index contributed by atoms with van der Waals surface area (Å²) in [6.07, 6.45) is 2.10. The molecule has 0 spiro atoms. The Labute approximate surface area is 82.8 Å². The molecule has 2 heterocycles. The monoisotopic (exact) mass is 193 g/mol. The van der Waals surface area contributed by atoms with Crippen molar-refractivity contribution in [2.45, 2.75) is 19.8 Å². The molecule has 2 N–H and O–H groups in total. The molecular formula is C10H15N3O. The molecule has 1 aromatic rings. The predicted octanol–water partition coefficient (Wildman–Crippen LogP) is 0.230. The molecule has 1 aromatic heterocycles. The van der Waals surface area contributed by atoms with Gasteiger partial charge in [-0.15, -0.1) is 0 Å². The Morgan fingerprint density at radius 1 is 1.64 bits per heavy atom. The van der Waals surface area contributed by atoms with E-state index in [2.05, 4.69) is 15.3 Å². The van der Waals surface area contributed by atoms with Gasteiger partial charge < -0.3 is 10.3 Å². The van der Waals surface area contributed by atoms with Crippen molar-refractivity contribution >= 4 is 0 Å². The number of hydrogen-bond acceptors (Lipinski definition) is 3. The molecule has 0 amide bonds. The van der Waals surface area contributed by atoms with E-state index in [0.29, 0.717) is 5.92 Å². The minimum Gasteiger partial charge on any atom is -0.316 e. The quantitative estimate of drug-likeness (QED) is 0.707. The van der Waals surface area contributed by atoms with E-state index >= 15 is 0 Å². The fourth-order valence-corrected chi connectivity index (χ4v) is 1.93. The summed E-state index contributed by atoms with van der Waals surface area (Å²) in [4.78, 5) is 17.7. The van der Waals surface area contributed by atoms with Gasteiger partial charge in [-0.25, -0.2) is 4.79 Å². The maximum Gasteiger partial charge on any atom is 0.345 e. The van der Waals surface area contributed by atoms with Crippen LogP contribution in [-0.2, 0) is 6.42 Å². The van der Waals surface area contributed by atoms with Gasteiger partial charge >= 0.3 is 5.69 Å². The van der Waals surface area contributed by atoms with E-state index in [1.807, 2.05) is 13.0 Å². The van der Waals surface area contributed by atoms with Gasteiger partial charge in [0.25, 0.3) is 0 Å². The first kappa shape index (κ1) is 9.40. The van der Waals surface area contributed by atoms with Gasteiger partial charge in [0.2, 0.25) is 0 Å². The van der Waals surface area contributed by atoms with Crippen molar-refractivity contribution in [3.63, 3.8) is 0 Å². The maximum atomic E-state index is 11.1. The van der Waals surface area contributed by atoms with Gasteiger partial charge in [0.1, 0.15) is 0 Å². The Kier molecular flexibility index (Phi) is 2.63. The topological polar surface area (TPSA) is 57.8 Å². The maximum absolute atomic E-state index is 11.1. The summed E-state index contributed by atoms with van der Waals surface area (Å²) in [6, 6.07) is 1.96. The van der Waals surface area contributed by atoms with Crippen LogP contribution < -0.4 is 11.0 Å². The summed E-state index contributed by atoms with van der Waals surface area (Å²) < 4.78 is 0. The molecule has 1 aliphatic heterocycles. The molecule has 1 fully saturated rings. The Balaban J connectivity index is 2.11. The standard InChI is InChI=1S/C10H15N3O/c1-7-4-9(13-10(14)12-7)5-8-2-3-11-6-8/h4,8,11H,2-3,5-6H2,1H3,(H,12,13,14). The molecular weight excluding hydrogens is 178 g/mol. The van der Waals surface area contributed by atoms with Gasteiger partial charge in [-0.3, -0.25) is 0 Å². The molecule has 0 radical (unpaired) electrons. The fraction of sp³-hybridized carbons (Fsp3) is 0.600.